The molecule has 1 aliphatic heterocycles. The molecule has 2 heterocycles. The molecule has 5 N–H and O–H groups in total. The van der Waals surface area contributed by atoms with Crippen molar-refractivity contribution < 1.29 is 9.59 Å². The lowest BCUT2D eigenvalue weighted by Gasteiger charge is -2.13. The van der Waals surface area contributed by atoms with Crippen LogP contribution < -0.4 is 21.9 Å². The second-order valence-corrected chi connectivity index (χ2v) is 4.97. The molecule has 1 aromatic rings. The number of hydrazine groups is 1. The van der Waals surface area contributed by atoms with E-state index in [1.54, 1.807) is 0 Å². The molecule has 0 bridgehead atoms. The minimum Gasteiger partial charge on any atom is -0.354 e. The summed E-state index contributed by atoms with van der Waals surface area (Å²) in [6, 6.07) is -0.224. The first-order valence-corrected chi connectivity index (χ1v) is 6.42. The van der Waals surface area contributed by atoms with Gasteiger partial charge in [-0.15, -0.1) is 0 Å². The molecule has 8 heteroatoms. The van der Waals surface area contributed by atoms with Crippen molar-refractivity contribution >= 4 is 17.5 Å². The largest absolute Gasteiger partial charge is 0.354 e. The van der Waals surface area contributed by atoms with Gasteiger partial charge in [0.15, 0.2) is 5.69 Å². The Morgan fingerprint density at radius 1 is 1.55 bits per heavy atom. The molecular weight excluding hydrogens is 260 g/mol. The van der Waals surface area contributed by atoms with Crippen LogP contribution in [-0.2, 0) is 4.79 Å². The summed E-state index contributed by atoms with van der Waals surface area (Å²) in [5.74, 6) is 5.59. The van der Waals surface area contributed by atoms with Gasteiger partial charge >= 0.3 is 0 Å². The van der Waals surface area contributed by atoms with Gasteiger partial charge in [-0.05, 0) is 0 Å². The number of nitrogens with zero attached hydrogens (tertiary/aromatic N) is 2. The Morgan fingerprint density at radius 3 is 2.85 bits per heavy atom. The summed E-state index contributed by atoms with van der Waals surface area (Å²) in [6.45, 7) is 4.30. The van der Waals surface area contributed by atoms with Gasteiger partial charge in [0.05, 0.1) is 17.9 Å². The van der Waals surface area contributed by atoms with Crippen molar-refractivity contribution in [1.82, 2.24) is 20.6 Å². The van der Waals surface area contributed by atoms with Gasteiger partial charge in [0.25, 0.3) is 5.91 Å². The number of anilines is 1. The van der Waals surface area contributed by atoms with Crippen LogP contribution in [0.2, 0.25) is 0 Å². The van der Waals surface area contributed by atoms with Gasteiger partial charge in [0, 0.05) is 18.9 Å². The Kier molecular flexibility index (Phi) is 4.14. The Labute approximate surface area is 116 Å². The highest BCUT2D eigenvalue weighted by molar-refractivity contribution is 5.98. The van der Waals surface area contributed by atoms with E-state index in [2.05, 4.69) is 26.0 Å². The molecule has 1 atom stereocenters. The van der Waals surface area contributed by atoms with Crippen LogP contribution in [0.3, 0.4) is 0 Å². The van der Waals surface area contributed by atoms with Gasteiger partial charge in [0.1, 0.15) is 5.82 Å². The number of carbonyl (C=O) groups is 2. The average Bonchev–Trinajstić information content (AvgIpc) is 2.83. The summed E-state index contributed by atoms with van der Waals surface area (Å²) in [7, 11) is 0. The Hall–Kier alpha value is -2.22. The Bertz CT molecular complexity index is 531. The Balaban J connectivity index is 2.18. The van der Waals surface area contributed by atoms with Crippen molar-refractivity contribution in [3.8, 4) is 0 Å². The molecule has 0 aromatic carbocycles. The molecule has 1 saturated heterocycles. The van der Waals surface area contributed by atoms with E-state index < -0.39 is 0 Å². The van der Waals surface area contributed by atoms with Crippen LogP contribution in [0, 0.1) is 0 Å². The average molecular weight is 278 g/mol. The predicted octanol–water partition coefficient (Wildman–Crippen LogP) is -0.496. The zero-order valence-corrected chi connectivity index (χ0v) is 11.4. The van der Waals surface area contributed by atoms with E-state index in [1.807, 2.05) is 13.8 Å². The SMILES string of the molecule is CC(C)c1ncc(NN)c(C(=O)NC2CNC(=O)C2)n1. The monoisotopic (exact) mass is 278 g/mol. The quantitative estimate of drug-likeness (QED) is 0.435. The third kappa shape index (κ3) is 3.02. The van der Waals surface area contributed by atoms with E-state index in [0.717, 1.165) is 0 Å². The van der Waals surface area contributed by atoms with Crippen molar-refractivity contribution in [2.45, 2.75) is 32.2 Å². The first-order chi connectivity index (χ1) is 9.51. The number of rotatable bonds is 4. The first kappa shape index (κ1) is 14.2. The lowest BCUT2D eigenvalue weighted by atomic mass is 10.2. The molecule has 20 heavy (non-hydrogen) atoms. The summed E-state index contributed by atoms with van der Waals surface area (Å²) in [5, 5.41) is 5.42. The third-order valence-electron chi connectivity index (χ3n) is 3.01. The van der Waals surface area contributed by atoms with Gasteiger partial charge in [-0.1, -0.05) is 13.8 Å². The van der Waals surface area contributed by atoms with Gasteiger partial charge in [0.2, 0.25) is 5.91 Å². The first-order valence-electron chi connectivity index (χ1n) is 6.42. The van der Waals surface area contributed by atoms with Gasteiger partial charge < -0.3 is 16.1 Å². The number of carbonyl (C=O) groups excluding carboxylic acids is 2. The molecule has 1 aromatic heterocycles. The number of nitrogens with one attached hydrogen (secondary N) is 3. The number of nitrogen functional groups attached to an aromatic ring is 1. The maximum atomic E-state index is 12.2. The molecule has 0 radical (unpaired) electrons. The van der Waals surface area contributed by atoms with Gasteiger partial charge in [-0.3, -0.25) is 15.4 Å². The van der Waals surface area contributed by atoms with Crippen LogP contribution in [0.4, 0.5) is 5.69 Å². The number of nitrogens with two attached hydrogens (primary N) is 1. The molecular formula is C12H18N6O2. The maximum Gasteiger partial charge on any atom is 0.272 e. The van der Waals surface area contributed by atoms with Crippen LogP contribution >= 0.6 is 0 Å². The zero-order valence-electron chi connectivity index (χ0n) is 11.4. The van der Waals surface area contributed by atoms with E-state index in [1.165, 1.54) is 6.20 Å². The minimum absolute atomic E-state index is 0.0713. The van der Waals surface area contributed by atoms with Crippen molar-refractivity contribution in [2.75, 3.05) is 12.0 Å². The van der Waals surface area contributed by atoms with Crippen LogP contribution in [0.15, 0.2) is 6.20 Å². The standard InChI is InChI=1S/C12H18N6O2/c1-6(2)11-15-5-8(18-13)10(17-11)12(20)16-7-3-9(19)14-4-7/h5-7,18H,3-4,13H2,1-2H3,(H,14,19)(H,16,20). The van der Waals surface area contributed by atoms with Crippen molar-refractivity contribution in [3.63, 3.8) is 0 Å². The molecule has 2 rings (SSSR count). The molecule has 1 unspecified atom stereocenters. The molecule has 1 fully saturated rings. The lowest BCUT2D eigenvalue weighted by molar-refractivity contribution is -0.119. The van der Waals surface area contributed by atoms with Crippen LogP contribution in [0.5, 0.6) is 0 Å². The molecule has 2 amide bonds. The topological polar surface area (TPSA) is 122 Å². The molecule has 0 saturated carbocycles. The number of hydrogen-bond acceptors (Lipinski definition) is 6. The van der Waals surface area contributed by atoms with E-state index in [9.17, 15) is 9.59 Å². The van der Waals surface area contributed by atoms with E-state index in [-0.39, 0.29) is 35.9 Å². The summed E-state index contributed by atoms with van der Waals surface area (Å²) < 4.78 is 0. The second-order valence-electron chi connectivity index (χ2n) is 4.97. The highest BCUT2D eigenvalue weighted by Gasteiger charge is 2.25. The summed E-state index contributed by atoms with van der Waals surface area (Å²) in [4.78, 5) is 31.7. The van der Waals surface area contributed by atoms with Crippen molar-refractivity contribution in [1.29, 1.82) is 0 Å². The zero-order chi connectivity index (χ0) is 14.7. The fraction of sp³-hybridized carbons (Fsp3) is 0.500. The lowest BCUT2D eigenvalue weighted by Crippen LogP contribution is -2.37. The molecule has 108 valence electrons. The number of hydrogen-bond donors (Lipinski definition) is 4. The van der Waals surface area contributed by atoms with Crippen LogP contribution in [0.25, 0.3) is 0 Å². The second kappa shape index (κ2) is 5.83. The normalized spacial score (nSPS) is 18.0. The highest BCUT2D eigenvalue weighted by Crippen LogP contribution is 2.15. The van der Waals surface area contributed by atoms with Gasteiger partial charge in [-0.25, -0.2) is 9.97 Å². The van der Waals surface area contributed by atoms with E-state index in [0.29, 0.717) is 18.1 Å². The fourth-order valence-corrected chi connectivity index (χ4v) is 1.91. The van der Waals surface area contributed by atoms with E-state index in [4.69, 9.17) is 5.84 Å². The molecule has 0 aliphatic carbocycles. The molecule has 0 spiro atoms. The third-order valence-corrected chi connectivity index (χ3v) is 3.01. The number of amides is 2. The van der Waals surface area contributed by atoms with Crippen molar-refractivity contribution in [2.24, 2.45) is 5.84 Å². The van der Waals surface area contributed by atoms with E-state index >= 15 is 0 Å². The number of aromatic nitrogens is 2. The van der Waals surface area contributed by atoms with Gasteiger partial charge in [-0.2, -0.15) is 0 Å². The summed E-state index contributed by atoms with van der Waals surface area (Å²) >= 11 is 0. The van der Waals surface area contributed by atoms with Crippen molar-refractivity contribution in [3.05, 3.63) is 17.7 Å². The summed E-state index contributed by atoms with van der Waals surface area (Å²) in [5.41, 5.74) is 2.94. The molecule has 8 nitrogen and oxygen atoms in total. The summed E-state index contributed by atoms with van der Waals surface area (Å²) in [6.07, 6.45) is 1.76. The fourth-order valence-electron chi connectivity index (χ4n) is 1.91. The predicted molar refractivity (Wildman–Crippen MR) is 72.8 cm³/mol. The van der Waals surface area contributed by atoms with Crippen LogP contribution in [-0.4, -0.2) is 34.4 Å². The highest BCUT2D eigenvalue weighted by atomic mass is 16.2. The maximum absolute atomic E-state index is 12.2. The smallest absolute Gasteiger partial charge is 0.272 e. The molecule has 1 aliphatic rings. The Morgan fingerprint density at radius 2 is 2.30 bits per heavy atom. The minimum atomic E-state index is -0.372. The van der Waals surface area contributed by atoms with Crippen LogP contribution in [0.1, 0.15) is 42.5 Å².